The molecule has 0 amide bonds. The summed E-state index contributed by atoms with van der Waals surface area (Å²) in [6.07, 6.45) is 0.911. The van der Waals surface area contributed by atoms with E-state index < -0.39 is 0 Å². The van der Waals surface area contributed by atoms with E-state index in [-0.39, 0.29) is 5.41 Å². The summed E-state index contributed by atoms with van der Waals surface area (Å²) in [5.41, 5.74) is 7.75. The standard InChI is InChI=1S/C13H23N3/c1-9(2)11-8-10(3)15-12(16-11)13(4,5)6-7-14/h8-9H,6-7,14H2,1-5H3. The molecule has 0 unspecified atom stereocenters. The first-order valence-electron chi connectivity index (χ1n) is 5.93. The number of aromatic nitrogens is 2. The van der Waals surface area contributed by atoms with Crippen LogP contribution in [0.15, 0.2) is 6.07 Å². The molecule has 2 N–H and O–H groups in total. The Balaban J connectivity index is 3.13. The van der Waals surface area contributed by atoms with Crippen LogP contribution in [0.3, 0.4) is 0 Å². The van der Waals surface area contributed by atoms with Gasteiger partial charge < -0.3 is 5.73 Å². The molecule has 0 saturated heterocycles. The van der Waals surface area contributed by atoms with E-state index in [2.05, 4.69) is 43.7 Å². The van der Waals surface area contributed by atoms with Gasteiger partial charge in [-0.15, -0.1) is 0 Å². The first kappa shape index (κ1) is 13.1. The van der Waals surface area contributed by atoms with E-state index in [1.165, 1.54) is 0 Å². The van der Waals surface area contributed by atoms with Gasteiger partial charge in [0.25, 0.3) is 0 Å². The number of rotatable bonds is 4. The molecular formula is C13H23N3. The summed E-state index contributed by atoms with van der Waals surface area (Å²) >= 11 is 0. The van der Waals surface area contributed by atoms with Crippen molar-refractivity contribution in [2.24, 2.45) is 5.73 Å². The second-order valence-electron chi connectivity index (χ2n) is 5.34. The third-order valence-corrected chi connectivity index (χ3v) is 2.84. The second-order valence-corrected chi connectivity index (χ2v) is 5.34. The van der Waals surface area contributed by atoms with E-state index in [1.54, 1.807) is 0 Å². The molecule has 0 atom stereocenters. The largest absolute Gasteiger partial charge is 0.330 e. The molecule has 16 heavy (non-hydrogen) atoms. The van der Waals surface area contributed by atoms with Gasteiger partial charge in [0, 0.05) is 16.8 Å². The lowest BCUT2D eigenvalue weighted by atomic mass is 9.88. The van der Waals surface area contributed by atoms with Crippen molar-refractivity contribution in [1.82, 2.24) is 9.97 Å². The van der Waals surface area contributed by atoms with Crippen molar-refractivity contribution < 1.29 is 0 Å². The van der Waals surface area contributed by atoms with Crippen LogP contribution in [-0.2, 0) is 5.41 Å². The average molecular weight is 221 g/mol. The average Bonchev–Trinajstić information content (AvgIpc) is 2.16. The van der Waals surface area contributed by atoms with Gasteiger partial charge >= 0.3 is 0 Å². The minimum Gasteiger partial charge on any atom is -0.330 e. The predicted molar refractivity (Wildman–Crippen MR) is 67.6 cm³/mol. The SMILES string of the molecule is Cc1cc(C(C)C)nc(C(C)(C)CCN)n1. The van der Waals surface area contributed by atoms with Gasteiger partial charge in [-0.25, -0.2) is 9.97 Å². The highest BCUT2D eigenvalue weighted by atomic mass is 14.9. The van der Waals surface area contributed by atoms with Gasteiger partial charge in [-0.2, -0.15) is 0 Å². The molecule has 0 aliphatic carbocycles. The Hall–Kier alpha value is -0.960. The Morgan fingerprint density at radius 1 is 1.31 bits per heavy atom. The van der Waals surface area contributed by atoms with E-state index >= 15 is 0 Å². The third-order valence-electron chi connectivity index (χ3n) is 2.84. The maximum Gasteiger partial charge on any atom is 0.134 e. The van der Waals surface area contributed by atoms with Crippen LogP contribution in [0.5, 0.6) is 0 Å². The van der Waals surface area contributed by atoms with E-state index in [4.69, 9.17) is 5.73 Å². The van der Waals surface area contributed by atoms with Crippen molar-refractivity contribution in [2.45, 2.75) is 52.4 Å². The molecule has 1 aromatic rings. The van der Waals surface area contributed by atoms with Gasteiger partial charge in [-0.05, 0) is 31.9 Å². The van der Waals surface area contributed by atoms with E-state index in [0.717, 1.165) is 23.6 Å². The first-order chi connectivity index (χ1) is 7.36. The fourth-order valence-electron chi connectivity index (χ4n) is 1.66. The van der Waals surface area contributed by atoms with Crippen LogP contribution in [0.25, 0.3) is 0 Å². The first-order valence-corrected chi connectivity index (χ1v) is 5.93. The minimum absolute atomic E-state index is 0.0373. The summed E-state index contributed by atoms with van der Waals surface area (Å²) in [5.74, 6) is 1.36. The number of hydrogen-bond donors (Lipinski definition) is 1. The summed E-state index contributed by atoms with van der Waals surface area (Å²) in [6.45, 7) is 11.3. The second kappa shape index (κ2) is 4.91. The van der Waals surface area contributed by atoms with Crippen molar-refractivity contribution in [3.63, 3.8) is 0 Å². The van der Waals surface area contributed by atoms with Gasteiger partial charge in [-0.3, -0.25) is 0 Å². The van der Waals surface area contributed by atoms with Crippen LogP contribution in [0.2, 0.25) is 0 Å². The van der Waals surface area contributed by atoms with Crippen LogP contribution in [-0.4, -0.2) is 16.5 Å². The van der Waals surface area contributed by atoms with Gasteiger partial charge in [-0.1, -0.05) is 27.7 Å². The normalized spacial score (nSPS) is 12.2. The fourth-order valence-corrected chi connectivity index (χ4v) is 1.66. The van der Waals surface area contributed by atoms with Crippen LogP contribution in [0.4, 0.5) is 0 Å². The Kier molecular flexibility index (Phi) is 4.03. The molecule has 1 aromatic heterocycles. The molecule has 3 heteroatoms. The summed E-state index contributed by atoms with van der Waals surface area (Å²) in [6, 6.07) is 2.06. The Morgan fingerprint density at radius 2 is 1.94 bits per heavy atom. The van der Waals surface area contributed by atoms with E-state index in [0.29, 0.717) is 12.5 Å². The molecule has 1 heterocycles. The Bertz CT molecular complexity index is 356. The maximum atomic E-state index is 5.63. The third kappa shape index (κ3) is 3.01. The Labute approximate surface area is 98.5 Å². The van der Waals surface area contributed by atoms with Crippen molar-refractivity contribution in [3.05, 3.63) is 23.3 Å². The zero-order valence-corrected chi connectivity index (χ0v) is 11.0. The van der Waals surface area contributed by atoms with Crippen molar-refractivity contribution >= 4 is 0 Å². The highest BCUT2D eigenvalue weighted by Crippen LogP contribution is 2.25. The van der Waals surface area contributed by atoms with Gasteiger partial charge in [0.1, 0.15) is 5.82 Å². The molecule has 0 aromatic carbocycles. The maximum absolute atomic E-state index is 5.63. The molecule has 0 radical (unpaired) electrons. The molecule has 0 bridgehead atoms. The smallest absolute Gasteiger partial charge is 0.134 e. The molecule has 0 spiro atoms. The summed E-state index contributed by atoms with van der Waals surface area (Å²) in [4.78, 5) is 9.20. The lowest BCUT2D eigenvalue weighted by Crippen LogP contribution is -2.25. The highest BCUT2D eigenvalue weighted by Gasteiger charge is 2.24. The summed E-state index contributed by atoms with van der Waals surface area (Å²) in [7, 11) is 0. The zero-order chi connectivity index (χ0) is 12.3. The predicted octanol–water partition coefficient (Wildman–Crippen LogP) is 2.53. The van der Waals surface area contributed by atoms with Crippen LogP contribution >= 0.6 is 0 Å². The molecule has 90 valence electrons. The minimum atomic E-state index is -0.0373. The van der Waals surface area contributed by atoms with Crippen LogP contribution in [0, 0.1) is 6.92 Å². The van der Waals surface area contributed by atoms with E-state index in [1.807, 2.05) is 6.92 Å². The monoisotopic (exact) mass is 221 g/mol. The molecule has 0 aliphatic rings. The lowest BCUT2D eigenvalue weighted by Gasteiger charge is -2.23. The number of aryl methyl sites for hydroxylation is 1. The van der Waals surface area contributed by atoms with Gasteiger partial charge in [0.05, 0.1) is 0 Å². The van der Waals surface area contributed by atoms with Gasteiger partial charge in [0.15, 0.2) is 0 Å². The quantitative estimate of drug-likeness (QED) is 0.850. The number of nitrogens with zero attached hydrogens (tertiary/aromatic N) is 2. The molecular weight excluding hydrogens is 198 g/mol. The molecule has 1 rings (SSSR count). The van der Waals surface area contributed by atoms with Crippen molar-refractivity contribution in [1.29, 1.82) is 0 Å². The fraction of sp³-hybridized carbons (Fsp3) is 0.692. The van der Waals surface area contributed by atoms with Crippen LogP contribution in [0.1, 0.15) is 57.2 Å². The molecule has 0 aliphatic heterocycles. The number of hydrogen-bond acceptors (Lipinski definition) is 3. The molecule has 0 saturated carbocycles. The molecule has 0 fully saturated rings. The highest BCUT2D eigenvalue weighted by molar-refractivity contribution is 5.17. The topological polar surface area (TPSA) is 51.8 Å². The number of nitrogens with two attached hydrogens (primary N) is 1. The lowest BCUT2D eigenvalue weighted by molar-refractivity contribution is 0.452. The van der Waals surface area contributed by atoms with Crippen LogP contribution < -0.4 is 5.73 Å². The van der Waals surface area contributed by atoms with Gasteiger partial charge in [0.2, 0.25) is 0 Å². The van der Waals surface area contributed by atoms with E-state index in [9.17, 15) is 0 Å². The summed E-state index contributed by atoms with van der Waals surface area (Å²) < 4.78 is 0. The summed E-state index contributed by atoms with van der Waals surface area (Å²) in [5, 5.41) is 0. The zero-order valence-electron chi connectivity index (χ0n) is 11.0. The van der Waals surface area contributed by atoms with Crippen molar-refractivity contribution in [2.75, 3.05) is 6.54 Å². The van der Waals surface area contributed by atoms with Crippen molar-refractivity contribution in [3.8, 4) is 0 Å². The molecule has 3 nitrogen and oxygen atoms in total. The Morgan fingerprint density at radius 3 is 2.44 bits per heavy atom.